The van der Waals surface area contributed by atoms with Gasteiger partial charge in [-0.1, -0.05) is 37.2 Å². The second kappa shape index (κ2) is 6.44. The monoisotopic (exact) mass is 311 g/mol. The van der Waals surface area contributed by atoms with E-state index in [2.05, 4.69) is 9.88 Å². The Hall–Kier alpha value is -1.60. The lowest BCUT2D eigenvalue weighted by molar-refractivity contribution is 0.318. The van der Waals surface area contributed by atoms with Crippen LogP contribution in [-0.2, 0) is 10.2 Å². The molecule has 0 bridgehead atoms. The maximum Gasteiger partial charge on any atom is 0.301 e. The molecule has 21 heavy (non-hydrogen) atoms. The largest absolute Gasteiger partial charge is 0.411 e. The lowest BCUT2D eigenvalue weighted by Crippen LogP contribution is -2.42. The van der Waals surface area contributed by atoms with Crippen LogP contribution in [0.5, 0.6) is 0 Å². The summed E-state index contributed by atoms with van der Waals surface area (Å²) < 4.78 is 29.0. The highest BCUT2D eigenvalue weighted by atomic mass is 32.2. The van der Waals surface area contributed by atoms with E-state index in [1.54, 1.807) is 18.2 Å². The molecule has 2 N–H and O–H groups in total. The Kier molecular flexibility index (Phi) is 4.84. The third kappa shape index (κ3) is 3.54. The van der Waals surface area contributed by atoms with Gasteiger partial charge in [-0.05, 0) is 24.8 Å². The number of rotatable bonds is 4. The minimum atomic E-state index is -3.60. The number of hydrogen-bond acceptors (Lipinski definition) is 4. The number of benzene rings is 1. The average molecular weight is 311 g/mol. The second-order valence-corrected chi connectivity index (χ2v) is 7.17. The van der Waals surface area contributed by atoms with Gasteiger partial charge in [-0.25, -0.2) is 0 Å². The first-order valence-electron chi connectivity index (χ1n) is 7.03. The van der Waals surface area contributed by atoms with Crippen LogP contribution in [0, 0.1) is 5.92 Å². The Morgan fingerprint density at radius 2 is 2.10 bits per heavy atom. The van der Waals surface area contributed by atoms with Crippen LogP contribution in [-0.4, -0.2) is 32.4 Å². The first-order valence-corrected chi connectivity index (χ1v) is 8.47. The smallest absolute Gasteiger partial charge is 0.301 e. The summed E-state index contributed by atoms with van der Waals surface area (Å²) in [4.78, 5) is 0. The first-order chi connectivity index (χ1) is 9.95. The summed E-state index contributed by atoms with van der Waals surface area (Å²) in [6.07, 6.45) is 1.15. The predicted octanol–water partition coefficient (Wildman–Crippen LogP) is 1.96. The molecule has 0 atom stereocenters. The molecule has 2 rings (SSSR count). The second-order valence-electron chi connectivity index (χ2n) is 5.49. The maximum absolute atomic E-state index is 12.5. The third-order valence-corrected chi connectivity index (χ3v) is 4.83. The summed E-state index contributed by atoms with van der Waals surface area (Å²) in [5.41, 5.74) is 1.73. The van der Waals surface area contributed by atoms with Gasteiger partial charge in [0.15, 0.2) is 0 Å². The van der Waals surface area contributed by atoms with Gasteiger partial charge in [0, 0.05) is 18.7 Å². The molecular weight excluding hydrogens is 290 g/mol. The molecule has 7 heteroatoms. The molecule has 0 aliphatic carbocycles. The summed E-state index contributed by atoms with van der Waals surface area (Å²) in [6.45, 7) is 4.66. The van der Waals surface area contributed by atoms with Gasteiger partial charge in [0.1, 0.15) is 0 Å². The minimum Gasteiger partial charge on any atom is -0.411 e. The Balaban J connectivity index is 2.40. The van der Waals surface area contributed by atoms with Crippen LogP contribution in [0.15, 0.2) is 29.4 Å². The van der Waals surface area contributed by atoms with E-state index in [0.29, 0.717) is 42.9 Å². The summed E-state index contributed by atoms with van der Waals surface area (Å²) in [5.74, 6) is 0.233. The minimum absolute atomic E-state index is 0.233. The van der Waals surface area contributed by atoms with Crippen molar-refractivity contribution in [2.45, 2.75) is 26.7 Å². The summed E-state index contributed by atoms with van der Waals surface area (Å²) >= 11 is 0. The summed E-state index contributed by atoms with van der Waals surface area (Å²) in [5, 5.41) is 12.4. The van der Waals surface area contributed by atoms with E-state index in [0.717, 1.165) is 0 Å². The molecule has 0 radical (unpaired) electrons. The van der Waals surface area contributed by atoms with Crippen molar-refractivity contribution in [1.29, 1.82) is 0 Å². The number of oxime groups is 1. The average Bonchev–Trinajstić information content (AvgIpc) is 2.65. The fraction of sp³-hybridized carbons (Fsp3) is 0.500. The topological polar surface area (TPSA) is 82.0 Å². The molecule has 0 saturated carbocycles. The molecule has 1 heterocycles. The number of para-hydroxylation sites is 1. The van der Waals surface area contributed by atoms with E-state index in [-0.39, 0.29) is 5.92 Å². The molecule has 0 amide bonds. The van der Waals surface area contributed by atoms with Gasteiger partial charge in [0.2, 0.25) is 0 Å². The maximum atomic E-state index is 12.5. The van der Waals surface area contributed by atoms with Crippen molar-refractivity contribution in [3.05, 3.63) is 29.8 Å². The van der Waals surface area contributed by atoms with Crippen molar-refractivity contribution >= 4 is 21.6 Å². The van der Waals surface area contributed by atoms with Crippen LogP contribution >= 0.6 is 0 Å². The first kappa shape index (κ1) is 15.8. The molecule has 1 aromatic rings. The molecule has 1 aliphatic rings. The SMILES string of the molecule is CC(C)CNS(=O)(=O)N1CCC/C(=N/O)c2ccccc21. The Morgan fingerprint density at radius 1 is 1.38 bits per heavy atom. The number of nitrogens with one attached hydrogen (secondary N) is 1. The Morgan fingerprint density at radius 3 is 2.76 bits per heavy atom. The van der Waals surface area contributed by atoms with E-state index >= 15 is 0 Å². The van der Waals surface area contributed by atoms with Crippen LogP contribution < -0.4 is 9.03 Å². The molecule has 1 aromatic carbocycles. The lowest BCUT2D eigenvalue weighted by atomic mass is 10.1. The van der Waals surface area contributed by atoms with Gasteiger partial charge in [-0.3, -0.25) is 4.31 Å². The van der Waals surface area contributed by atoms with Crippen molar-refractivity contribution in [2.75, 3.05) is 17.4 Å². The van der Waals surface area contributed by atoms with E-state index in [1.165, 1.54) is 4.31 Å². The highest BCUT2D eigenvalue weighted by molar-refractivity contribution is 7.90. The molecule has 6 nitrogen and oxygen atoms in total. The van der Waals surface area contributed by atoms with Gasteiger partial charge < -0.3 is 5.21 Å². The van der Waals surface area contributed by atoms with Crippen molar-refractivity contribution < 1.29 is 13.6 Å². The molecule has 0 unspecified atom stereocenters. The summed E-state index contributed by atoms with van der Waals surface area (Å²) in [7, 11) is -3.60. The zero-order valence-electron chi connectivity index (χ0n) is 12.3. The van der Waals surface area contributed by atoms with Gasteiger partial charge in [-0.2, -0.15) is 13.1 Å². The Labute approximate surface area is 125 Å². The highest BCUT2D eigenvalue weighted by Gasteiger charge is 2.28. The zero-order valence-corrected chi connectivity index (χ0v) is 13.1. The number of hydrogen-bond donors (Lipinski definition) is 2. The van der Waals surface area contributed by atoms with E-state index in [4.69, 9.17) is 5.21 Å². The van der Waals surface area contributed by atoms with Crippen molar-refractivity contribution in [2.24, 2.45) is 11.1 Å². The van der Waals surface area contributed by atoms with Crippen LogP contribution in [0.25, 0.3) is 0 Å². The normalized spacial score (nSPS) is 17.9. The van der Waals surface area contributed by atoms with Gasteiger partial charge in [-0.15, -0.1) is 0 Å². The third-order valence-electron chi connectivity index (χ3n) is 3.34. The predicted molar refractivity (Wildman–Crippen MR) is 83.1 cm³/mol. The molecule has 0 aromatic heterocycles. The fourth-order valence-corrected chi connectivity index (χ4v) is 3.77. The van der Waals surface area contributed by atoms with Crippen LogP contribution in [0.2, 0.25) is 0 Å². The van der Waals surface area contributed by atoms with Crippen LogP contribution in [0.3, 0.4) is 0 Å². The van der Waals surface area contributed by atoms with Crippen LogP contribution in [0.1, 0.15) is 32.3 Å². The molecule has 0 saturated heterocycles. The molecule has 0 spiro atoms. The van der Waals surface area contributed by atoms with E-state index in [9.17, 15) is 8.42 Å². The van der Waals surface area contributed by atoms with Crippen molar-refractivity contribution in [3.63, 3.8) is 0 Å². The molecule has 116 valence electrons. The fourth-order valence-electron chi connectivity index (χ4n) is 2.28. The quantitative estimate of drug-likeness (QED) is 0.658. The van der Waals surface area contributed by atoms with Crippen molar-refractivity contribution in [1.82, 2.24) is 4.72 Å². The van der Waals surface area contributed by atoms with Gasteiger partial charge >= 0.3 is 10.2 Å². The van der Waals surface area contributed by atoms with Gasteiger partial charge in [0.05, 0.1) is 11.4 Å². The zero-order chi connectivity index (χ0) is 15.5. The van der Waals surface area contributed by atoms with Crippen LogP contribution in [0.4, 0.5) is 5.69 Å². The van der Waals surface area contributed by atoms with Gasteiger partial charge in [0.25, 0.3) is 0 Å². The van der Waals surface area contributed by atoms with E-state index in [1.807, 2.05) is 19.9 Å². The van der Waals surface area contributed by atoms with E-state index < -0.39 is 10.2 Å². The lowest BCUT2D eigenvalue weighted by Gasteiger charge is -2.24. The van der Waals surface area contributed by atoms with Crippen molar-refractivity contribution in [3.8, 4) is 0 Å². The number of nitrogens with zero attached hydrogens (tertiary/aromatic N) is 2. The number of anilines is 1. The summed E-state index contributed by atoms with van der Waals surface area (Å²) in [6, 6.07) is 7.10. The highest BCUT2D eigenvalue weighted by Crippen LogP contribution is 2.28. The molecule has 0 fully saturated rings. The number of fused-ring (bicyclic) bond motifs is 1. The molecular formula is C14H21N3O3S. The molecule has 1 aliphatic heterocycles. The Bertz CT molecular complexity index is 626. The standard InChI is InChI=1S/C14H21N3O3S/c1-11(2)10-15-21(19,20)17-9-5-7-13(16-18)12-6-3-4-8-14(12)17/h3-4,6,8,11,15,18H,5,7,9-10H2,1-2H3/b16-13-.